The predicted octanol–water partition coefficient (Wildman–Crippen LogP) is 5.08. The van der Waals surface area contributed by atoms with Crippen molar-refractivity contribution in [1.82, 2.24) is 19.7 Å². The molecule has 0 bridgehead atoms. The molecule has 34 heavy (non-hydrogen) atoms. The van der Waals surface area contributed by atoms with E-state index in [0.717, 1.165) is 22.7 Å². The van der Waals surface area contributed by atoms with Crippen LogP contribution in [0.15, 0.2) is 60.8 Å². The molecule has 174 valence electrons. The third kappa shape index (κ3) is 4.23. The third-order valence-electron chi connectivity index (χ3n) is 6.13. The van der Waals surface area contributed by atoms with Gasteiger partial charge in [-0.3, -0.25) is 4.79 Å². The van der Waals surface area contributed by atoms with Crippen LogP contribution in [0.2, 0.25) is 0 Å². The summed E-state index contributed by atoms with van der Waals surface area (Å²) < 4.78 is 34.6. The Morgan fingerprint density at radius 1 is 1.09 bits per heavy atom. The highest BCUT2D eigenvalue weighted by atomic mass is 19.1. The molecule has 4 aromatic rings. The van der Waals surface area contributed by atoms with E-state index in [1.54, 1.807) is 15.8 Å². The minimum atomic E-state index is -0.723. The van der Waals surface area contributed by atoms with Crippen LogP contribution in [0.1, 0.15) is 30.1 Å². The zero-order valence-corrected chi connectivity index (χ0v) is 18.7. The number of ether oxygens (including phenoxy) is 1. The minimum absolute atomic E-state index is 0.0292. The molecule has 0 N–H and O–H groups in total. The molecule has 2 aromatic carbocycles. The molecule has 1 saturated heterocycles. The van der Waals surface area contributed by atoms with Crippen molar-refractivity contribution in [3.05, 3.63) is 78.0 Å². The van der Waals surface area contributed by atoms with Gasteiger partial charge in [-0.25, -0.2) is 18.4 Å². The molecule has 1 aliphatic rings. The van der Waals surface area contributed by atoms with Crippen LogP contribution in [0.25, 0.3) is 22.3 Å². The van der Waals surface area contributed by atoms with E-state index in [4.69, 9.17) is 9.72 Å². The molecule has 5 rings (SSSR count). The van der Waals surface area contributed by atoms with Gasteiger partial charge in [-0.1, -0.05) is 30.3 Å². The number of amides is 1. The average Bonchev–Trinajstić information content (AvgIpc) is 3.29. The van der Waals surface area contributed by atoms with Crippen LogP contribution in [0.4, 0.5) is 8.78 Å². The maximum absolute atomic E-state index is 13.9. The first-order chi connectivity index (χ1) is 16.5. The van der Waals surface area contributed by atoms with Crippen molar-refractivity contribution in [2.45, 2.75) is 32.4 Å². The summed E-state index contributed by atoms with van der Waals surface area (Å²) in [4.78, 5) is 20.1. The highest BCUT2D eigenvalue weighted by molar-refractivity contribution is 6.06. The lowest BCUT2D eigenvalue weighted by atomic mass is 10.0. The van der Waals surface area contributed by atoms with Crippen molar-refractivity contribution in [1.29, 1.82) is 0 Å². The van der Waals surface area contributed by atoms with Gasteiger partial charge < -0.3 is 9.64 Å². The van der Waals surface area contributed by atoms with Crippen molar-refractivity contribution in [3.8, 4) is 17.0 Å². The standard InChI is InChI=1S/C26H24F2N4O2/c1-2-32-25-21(16-29-32)20(15-23(30-25)17-6-4-3-5-7-17)26(33)31-12-10-19(11-13-31)34-24-9-8-18(27)14-22(24)28/h3-9,14-16,19H,2,10-13H2,1H3. The lowest BCUT2D eigenvalue weighted by Crippen LogP contribution is -2.42. The Kier molecular flexibility index (Phi) is 5.96. The van der Waals surface area contributed by atoms with E-state index in [1.165, 1.54) is 12.1 Å². The first-order valence-corrected chi connectivity index (χ1v) is 11.4. The number of carbonyl (C=O) groups excluding carboxylic acids is 1. The number of aromatic nitrogens is 3. The van der Waals surface area contributed by atoms with Gasteiger partial charge in [0, 0.05) is 44.1 Å². The highest BCUT2D eigenvalue weighted by Crippen LogP contribution is 2.28. The number of pyridine rings is 1. The molecule has 0 spiro atoms. The number of hydrogen-bond acceptors (Lipinski definition) is 4. The van der Waals surface area contributed by atoms with Crippen LogP contribution >= 0.6 is 0 Å². The fourth-order valence-electron chi connectivity index (χ4n) is 4.31. The van der Waals surface area contributed by atoms with Crippen molar-refractivity contribution in [2.24, 2.45) is 0 Å². The Morgan fingerprint density at radius 3 is 2.56 bits per heavy atom. The predicted molar refractivity (Wildman–Crippen MR) is 125 cm³/mol. The molecule has 0 atom stereocenters. The minimum Gasteiger partial charge on any atom is -0.487 e. The van der Waals surface area contributed by atoms with Gasteiger partial charge in [0.25, 0.3) is 5.91 Å². The Labute approximate surface area is 195 Å². The number of benzene rings is 2. The van der Waals surface area contributed by atoms with Crippen molar-refractivity contribution < 1.29 is 18.3 Å². The van der Waals surface area contributed by atoms with Gasteiger partial charge >= 0.3 is 0 Å². The van der Waals surface area contributed by atoms with Gasteiger partial charge in [0.05, 0.1) is 22.8 Å². The van der Waals surface area contributed by atoms with Crippen molar-refractivity contribution in [3.63, 3.8) is 0 Å². The zero-order valence-electron chi connectivity index (χ0n) is 18.7. The van der Waals surface area contributed by atoms with Crippen LogP contribution in [-0.2, 0) is 6.54 Å². The van der Waals surface area contributed by atoms with E-state index >= 15 is 0 Å². The number of likely N-dealkylation sites (tertiary alicyclic amines) is 1. The van der Waals surface area contributed by atoms with Gasteiger partial charge in [0.2, 0.25) is 0 Å². The molecular weight excluding hydrogens is 438 g/mol. The molecule has 1 aliphatic heterocycles. The number of nitrogens with zero attached hydrogens (tertiary/aromatic N) is 4. The summed E-state index contributed by atoms with van der Waals surface area (Å²) in [5, 5.41) is 5.13. The largest absolute Gasteiger partial charge is 0.487 e. The molecule has 0 radical (unpaired) electrons. The number of fused-ring (bicyclic) bond motifs is 1. The summed E-state index contributed by atoms with van der Waals surface area (Å²) in [6, 6.07) is 14.9. The van der Waals surface area contributed by atoms with Crippen LogP contribution < -0.4 is 4.74 Å². The van der Waals surface area contributed by atoms with E-state index in [-0.39, 0.29) is 17.8 Å². The molecule has 0 saturated carbocycles. The number of piperidine rings is 1. The number of rotatable bonds is 5. The van der Waals surface area contributed by atoms with E-state index in [9.17, 15) is 13.6 Å². The molecule has 0 unspecified atom stereocenters. The van der Waals surface area contributed by atoms with Crippen molar-refractivity contribution >= 4 is 16.9 Å². The summed E-state index contributed by atoms with van der Waals surface area (Å²) in [5.74, 6) is -1.43. The molecule has 8 heteroatoms. The Morgan fingerprint density at radius 2 is 1.85 bits per heavy atom. The second-order valence-electron chi connectivity index (χ2n) is 8.30. The normalized spacial score (nSPS) is 14.5. The Balaban J connectivity index is 1.38. The summed E-state index contributed by atoms with van der Waals surface area (Å²) in [7, 11) is 0. The molecule has 1 fully saturated rings. The number of hydrogen-bond donors (Lipinski definition) is 0. The van der Waals surface area contributed by atoms with Gasteiger partial charge in [-0.05, 0) is 25.1 Å². The summed E-state index contributed by atoms with van der Waals surface area (Å²) in [5.41, 5.74) is 2.89. The molecule has 3 heterocycles. The average molecular weight is 463 g/mol. The number of carbonyl (C=O) groups is 1. The molecule has 2 aromatic heterocycles. The van der Waals surface area contributed by atoms with E-state index < -0.39 is 11.6 Å². The van der Waals surface area contributed by atoms with Crippen LogP contribution in [0.5, 0.6) is 5.75 Å². The SMILES string of the molecule is CCn1ncc2c(C(=O)N3CCC(Oc4ccc(F)cc4F)CC3)cc(-c3ccccc3)nc21. The number of halogens is 2. The first kappa shape index (κ1) is 22.0. The zero-order chi connectivity index (χ0) is 23.7. The van der Waals surface area contributed by atoms with Crippen LogP contribution in [0, 0.1) is 11.6 Å². The lowest BCUT2D eigenvalue weighted by molar-refractivity contribution is 0.0590. The number of aryl methyl sites for hydroxylation is 1. The maximum atomic E-state index is 13.9. The monoisotopic (exact) mass is 462 g/mol. The van der Waals surface area contributed by atoms with Crippen LogP contribution in [0.3, 0.4) is 0 Å². The van der Waals surface area contributed by atoms with Gasteiger partial charge in [0.1, 0.15) is 11.9 Å². The maximum Gasteiger partial charge on any atom is 0.254 e. The summed E-state index contributed by atoms with van der Waals surface area (Å²) >= 11 is 0. The van der Waals surface area contributed by atoms with E-state index in [0.29, 0.717) is 43.7 Å². The summed E-state index contributed by atoms with van der Waals surface area (Å²) in [6.45, 7) is 3.57. The first-order valence-electron chi connectivity index (χ1n) is 11.4. The fourth-order valence-corrected chi connectivity index (χ4v) is 4.31. The highest BCUT2D eigenvalue weighted by Gasteiger charge is 2.27. The smallest absolute Gasteiger partial charge is 0.254 e. The summed E-state index contributed by atoms with van der Waals surface area (Å²) in [6.07, 6.45) is 2.55. The second kappa shape index (κ2) is 9.21. The van der Waals surface area contributed by atoms with Crippen LogP contribution in [-0.4, -0.2) is 44.8 Å². The van der Waals surface area contributed by atoms with E-state index in [2.05, 4.69) is 5.10 Å². The van der Waals surface area contributed by atoms with Gasteiger partial charge in [-0.2, -0.15) is 5.10 Å². The fraction of sp³-hybridized carbons (Fsp3) is 0.269. The van der Waals surface area contributed by atoms with Gasteiger partial charge in [-0.15, -0.1) is 0 Å². The van der Waals surface area contributed by atoms with Gasteiger partial charge in [0.15, 0.2) is 17.2 Å². The Hall–Kier alpha value is -3.81. The Bertz CT molecular complexity index is 1330. The van der Waals surface area contributed by atoms with E-state index in [1.807, 2.05) is 43.3 Å². The van der Waals surface area contributed by atoms with Crippen molar-refractivity contribution in [2.75, 3.05) is 13.1 Å². The molecule has 1 amide bonds. The molecule has 0 aliphatic carbocycles. The lowest BCUT2D eigenvalue weighted by Gasteiger charge is -2.32. The third-order valence-corrected chi connectivity index (χ3v) is 6.13. The molecular formula is C26H24F2N4O2. The topological polar surface area (TPSA) is 60.2 Å². The quantitative estimate of drug-likeness (QED) is 0.415. The second-order valence-corrected chi connectivity index (χ2v) is 8.30. The molecule has 6 nitrogen and oxygen atoms in total.